The van der Waals surface area contributed by atoms with Crippen LogP contribution in [0.25, 0.3) is 0 Å². The van der Waals surface area contributed by atoms with E-state index in [9.17, 15) is 14.5 Å². The maximum Gasteiger partial charge on any atom is 0.305 e. The number of nitro groups is 1. The first kappa shape index (κ1) is 16.5. The Kier molecular flexibility index (Phi) is 7.71. The molecule has 0 aliphatic heterocycles. The fraction of sp³-hybridized carbons (Fsp3) is 0.538. The van der Waals surface area contributed by atoms with Crippen LogP contribution >= 0.6 is 0 Å². The molecule has 0 saturated heterocycles. The van der Waals surface area contributed by atoms with Gasteiger partial charge in [-0.05, 0) is 6.42 Å². The van der Waals surface area contributed by atoms with Gasteiger partial charge in [-0.15, -0.1) is 0 Å². The molecule has 0 spiro atoms. The van der Waals surface area contributed by atoms with E-state index in [4.69, 9.17) is 14.2 Å². The van der Waals surface area contributed by atoms with Crippen LogP contribution in [0.3, 0.4) is 0 Å². The third-order valence-corrected chi connectivity index (χ3v) is 2.52. The van der Waals surface area contributed by atoms with Gasteiger partial charge in [-0.25, -0.2) is 0 Å². The molecule has 0 heterocycles. The minimum absolute atomic E-state index is 0.00554. The number of hydrogen-bond acceptors (Lipinski definition) is 5. The van der Waals surface area contributed by atoms with Gasteiger partial charge in [0.05, 0.1) is 24.7 Å². The van der Waals surface area contributed by atoms with Crippen LogP contribution in [-0.2, 0) is 20.8 Å². The molecule has 0 bridgehead atoms. The molecule has 0 N–H and O–H groups in total. The molecule has 1 aromatic carbocycles. The summed E-state index contributed by atoms with van der Waals surface area (Å²) in [5.41, 5.74) is -0.353. The van der Waals surface area contributed by atoms with Crippen molar-refractivity contribution in [3.63, 3.8) is 0 Å². The molecule has 1 rings (SSSR count). The van der Waals surface area contributed by atoms with Crippen LogP contribution < -0.4 is 0 Å². The van der Waals surface area contributed by atoms with E-state index < -0.39 is 16.4 Å². The van der Waals surface area contributed by atoms with Crippen LogP contribution in [0.1, 0.15) is 12.0 Å². The molecule has 0 atom stereocenters. The summed E-state index contributed by atoms with van der Waals surface area (Å²) in [5.74, 6) is -0.839. The molecule has 1 aromatic rings. The predicted molar refractivity (Wildman–Crippen MR) is 70.0 cm³/mol. The van der Waals surface area contributed by atoms with Gasteiger partial charge < -0.3 is 14.2 Å². The molecule has 0 aromatic heterocycles. The molecule has 0 radical (unpaired) electrons. The van der Waals surface area contributed by atoms with Crippen molar-refractivity contribution in [3.05, 3.63) is 39.7 Å². The van der Waals surface area contributed by atoms with Crippen molar-refractivity contribution in [2.45, 2.75) is 13.0 Å². The van der Waals surface area contributed by atoms with Crippen molar-refractivity contribution in [3.8, 4) is 0 Å². The second kappa shape index (κ2) is 9.35. The topological polar surface area (TPSA) is 70.8 Å². The molecule has 20 heavy (non-hydrogen) atoms. The summed E-state index contributed by atoms with van der Waals surface area (Å²) in [4.78, 5) is 9.83. The first-order chi connectivity index (χ1) is 9.66. The van der Waals surface area contributed by atoms with Crippen molar-refractivity contribution in [1.29, 1.82) is 0 Å². The highest BCUT2D eigenvalue weighted by Gasteiger charge is 2.16. The standard InChI is InChI=1S/C13H18FNO5/c1-18-8-9-19-6-3-7-20-10-11-4-2-5-12(13(11)14)15(16)17/h2,4-5H,3,6-10H2,1H3. The van der Waals surface area contributed by atoms with Crippen LogP contribution in [0.2, 0.25) is 0 Å². The third kappa shape index (κ3) is 5.60. The lowest BCUT2D eigenvalue weighted by Gasteiger charge is -2.06. The van der Waals surface area contributed by atoms with Gasteiger partial charge in [0.15, 0.2) is 0 Å². The maximum absolute atomic E-state index is 13.7. The Morgan fingerprint density at radius 1 is 1.20 bits per heavy atom. The van der Waals surface area contributed by atoms with E-state index in [1.807, 2.05) is 0 Å². The first-order valence-corrected chi connectivity index (χ1v) is 6.23. The van der Waals surface area contributed by atoms with Crippen LogP contribution in [0.5, 0.6) is 0 Å². The quantitative estimate of drug-likeness (QED) is 0.375. The van der Waals surface area contributed by atoms with E-state index >= 15 is 0 Å². The highest BCUT2D eigenvalue weighted by atomic mass is 19.1. The monoisotopic (exact) mass is 287 g/mol. The fourth-order valence-corrected chi connectivity index (χ4v) is 1.51. The lowest BCUT2D eigenvalue weighted by atomic mass is 10.2. The van der Waals surface area contributed by atoms with E-state index in [1.54, 1.807) is 7.11 Å². The van der Waals surface area contributed by atoms with Crippen LogP contribution in [-0.4, -0.2) is 38.5 Å². The number of nitrogens with zero attached hydrogens (tertiary/aromatic N) is 1. The Bertz CT molecular complexity index is 427. The Hall–Kier alpha value is -1.57. The van der Waals surface area contributed by atoms with Crippen molar-refractivity contribution >= 4 is 5.69 Å². The smallest absolute Gasteiger partial charge is 0.305 e. The Morgan fingerprint density at radius 2 is 1.95 bits per heavy atom. The summed E-state index contributed by atoms with van der Waals surface area (Å²) < 4.78 is 29.0. The SMILES string of the molecule is COCCOCCCOCc1cccc([N+](=O)[O-])c1F. The summed E-state index contributed by atoms with van der Waals surface area (Å²) in [6.07, 6.45) is 0.667. The van der Waals surface area contributed by atoms with E-state index in [0.717, 1.165) is 6.07 Å². The minimum atomic E-state index is -0.839. The summed E-state index contributed by atoms with van der Waals surface area (Å²) in [5, 5.41) is 10.6. The molecule has 0 unspecified atom stereocenters. The van der Waals surface area contributed by atoms with Crippen molar-refractivity contribution in [2.75, 3.05) is 33.5 Å². The molecular formula is C13H18FNO5. The van der Waals surface area contributed by atoms with Crippen molar-refractivity contribution in [1.82, 2.24) is 0 Å². The van der Waals surface area contributed by atoms with Gasteiger partial charge in [-0.3, -0.25) is 10.1 Å². The zero-order chi connectivity index (χ0) is 14.8. The van der Waals surface area contributed by atoms with Gasteiger partial charge in [0.1, 0.15) is 0 Å². The molecule has 0 aliphatic carbocycles. The highest BCUT2D eigenvalue weighted by molar-refractivity contribution is 5.36. The largest absolute Gasteiger partial charge is 0.382 e. The molecule has 112 valence electrons. The number of benzene rings is 1. The maximum atomic E-state index is 13.7. The number of rotatable bonds is 10. The molecule has 0 amide bonds. The average Bonchev–Trinajstić information content (AvgIpc) is 2.43. The molecule has 0 aliphatic rings. The second-order valence-electron chi connectivity index (χ2n) is 4.02. The van der Waals surface area contributed by atoms with E-state index in [2.05, 4.69) is 0 Å². The molecule has 7 heteroatoms. The van der Waals surface area contributed by atoms with Gasteiger partial charge in [-0.1, -0.05) is 12.1 Å². The summed E-state index contributed by atoms with van der Waals surface area (Å²) >= 11 is 0. The van der Waals surface area contributed by atoms with Crippen LogP contribution in [0.4, 0.5) is 10.1 Å². The highest BCUT2D eigenvalue weighted by Crippen LogP contribution is 2.20. The van der Waals surface area contributed by atoms with Crippen LogP contribution in [0.15, 0.2) is 18.2 Å². The lowest BCUT2D eigenvalue weighted by molar-refractivity contribution is -0.387. The molecule has 0 fully saturated rings. The second-order valence-corrected chi connectivity index (χ2v) is 4.02. The zero-order valence-electron chi connectivity index (χ0n) is 11.3. The van der Waals surface area contributed by atoms with Gasteiger partial charge in [0, 0.05) is 32.0 Å². The van der Waals surface area contributed by atoms with E-state index in [-0.39, 0.29) is 12.2 Å². The predicted octanol–water partition coefficient (Wildman–Crippen LogP) is 2.30. The number of nitro benzene ring substituents is 1. The summed E-state index contributed by atoms with van der Waals surface area (Å²) in [7, 11) is 1.60. The first-order valence-electron chi connectivity index (χ1n) is 6.23. The Morgan fingerprint density at radius 3 is 2.65 bits per heavy atom. The molecule has 0 saturated carbocycles. The lowest BCUT2D eigenvalue weighted by Crippen LogP contribution is -2.06. The number of hydrogen-bond donors (Lipinski definition) is 0. The van der Waals surface area contributed by atoms with E-state index in [0.29, 0.717) is 32.8 Å². The normalized spacial score (nSPS) is 10.7. The van der Waals surface area contributed by atoms with E-state index in [1.165, 1.54) is 12.1 Å². The average molecular weight is 287 g/mol. The fourth-order valence-electron chi connectivity index (χ4n) is 1.51. The Balaban J connectivity index is 2.25. The Labute approximate surface area is 116 Å². The summed E-state index contributed by atoms with van der Waals surface area (Å²) in [6.45, 7) is 2.00. The van der Waals surface area contributed by atoms with Crippen LogP contribution in [0, 0.1) is 15.9 Å². The van der Waals surface area contributed by atoms with Gasteiger partial charge >= 0.3 is 5.69 Å². The van der Waals surface area contributed by atoms with Gasteiger partial charge in [0.25, 0.3) is 0 Å². The van der Waals surface area contributed by atoms with Gasteiger partial charge in [-0.2, -0.15) is 4.39 Å². The number of methoxy groups -OCH3 is 1. The zero-order valence-corrected chi connectivity index (χ0v) is 11.3. The molecule has 6 nitrogen and oxygen atoms in total. The van der Waals surface area contributed by atoms with Crippen molar-refractivity contribution in [2.24, 2.45) is 0 Å². The van der Waals surface area contributed by atoms with Crippen molar-refractivity contribution < 1.29 is 23.5 Å². The third-order valence-electron chi connectivity index (χ3n) is 2.52. The number of halogens is 1. The number of ether oxygens (including phenoxy) is 3. The molecular weight excluding hydrogens is 269 g/mol. The summed E-state index contributed by atoms with van der Waals surface area (Å²) in [6, 6.07) is 4.04. The van der Waals surface area contributed by atoms with Gasteiger partial charge in [0.2, 0.25) is 5.82 Å². The minimum Gasteiger partial charge on any atom is -0.382 e.